The lowest BCUT2D eigenvalue weighted by molar-refractivity contribution is 0.129. The molecule has 17 heavy (non-hydrogen) atoms. The van der Waals surface area contributed by atoms with E-state index in [1.807, 2.05) is 18.2 Å². The van der Waals surface area contributed by atoms with Crippen LogP contribution in [0.15, 0.2) is 18.2 Å². The number of likely N-dealkylation sites (N-methyl/N-ethyl adjacent to an activating group) is 1. The third kappa shape index (κ3) is 4.61. The molecular weight excluding hydrogens is 244 g/mol. The van der Waals surface area contributed by atoms with E-state index in [0.717, 1.165) is 24.4 Å². The van der Waals surface area contributed by atoms with Crippen LogP contribution in [0.4, 0.5) is 8.78 Å². The molecule has 0 spiro atoms. The Morgan fingerprint density at radius 3 is 2.65 bits per heavy atom. The lowest BCUT2D eigenvalue weighted by Crippen LogP contribution is -2.26. The topological polar surface area (TPSA) is 23.5 Å². The first-order chi connectivity index (χ1) is 8.04. The van der Waals surface area contributed by atoms with Crippen LogP contribution in [0.1, 0.15) is 11.7 Å². The van der Waals surface area contributed by atoms with E-state index < -0.39 is 17.7 Å². The maximum absolute atomic E-state index is 13.0. The van der Waals surface area contributed by atoms with Crippen molar-refractivity contribution in [3.8, 4) is 0 Å². The van der Waals surface area contributed by atoms with E-state index in [0.29, 0.717) is 12.1 Å². The van der Waals surface area contributed by atoms with Gasteiger partial charge in [-0.1, -0.05) is 6.07 Å². The number of benzene rings is 1. The summed E-state index contributed by atoms with van der Waals surface area (Å²) in [6.07, 6.45) is 1.22. The van der Waals surface area contributed by atoms with E-state index in [4.69, 9.17) is 0 Å². The number of hydrogen-bond donors (Lipinski definition) is 1. The van der Waals surface area contributed by atoms with Gasteiger partial charge in [0.25, 0.3) is 0 Å². The molecule has 1 aromatic carbocycles. The number of nitrogens with zero attached hydrogens (tertiary/aromatic N) is 1. The van der Waals surface area contributed by atoms with Crippen LogP contribution in [-0.4, -0.2) is 42.2 Å². The maximum atomic E-state index is 13.0. The van der Waals surface area contributed by atoms with Crippen LogP contribution in [0, 0.1) is 11.6 Å². The standard InChI is InChI=1S/C12H17F2NOS/c1-15(5-6-17-2)8-12(16)9-3-4-10(13)11(14)7-9/h3-4,7,12,16H,5-6,8H2,1-2H3. The predicted molar refractivity (Wildman–Crippen MR) is 67.2 cm³/mol. The molecule has 0 aliphatic heterocycles. The fourth-order valence-corrected chi connectivity index (χ4v) is 1.95. The molecule has 96 valence electrons. The molecule has 0 aromatic heterocycles. The van der Waals surface area contributed by atoms with Crippen molar-refractivity contribution < 1.29 is 13.9 Å². The number of thioether (sulfide) groups is 1. The van der Waals surface area contributed by atoms with Crippen LogP contribution in [-0.2, 0) is 0 Å². The van der Waals surface area contributed by atoms with Gasteiger partial charge in [-0.25, -0.2) is 8.78 Å². The summed E-state index contributed by atoms with van der Waals surface area (Å²) in [7, 11) is 1.89. The van der Waals surface area contributed by atoms with Crippen molar-refractivity contribution in [3.63, 3.8) is 0 Å². The highest BCUT2D eigenvalue weighted by molar-refractivity contribution is 7.98. The third-order valence-corrected chi connectivity index (χ3v) is 3.08. The second kappa shape index (κ2) is 6.93. The SMILES string of the molecule is CSCCN(C)CC(O)c1ccc(F)c(F)c1. The molecule has 0 aliphatic rings. The molecule has 2 nitrogen and oxygen atoms in total. The van der Waals surface area contributed by atoms with Crippen LogP contribution in [0.2, 0.25) is 0 Å². The lowest BCUT2D eigenvalue weighted by atomic mass is 10.1. The molecule has 0 aliphatic carbocycles. The Morgan fingerprint density at radius 2 is 2.06 bits per heavy atom. The highest BCUT2D eigenvalue weighted by Crippen LogP contribution is 2.17. The van der Waals surface area contributed by atoms with Crippen molar-refractivity contribution in [1.82, 2.24) is 4.90 Å². The van der Waals surface area contributed by atoms with E-state index in [9.17, 15) is 13.9 Å². The van der Waals surface area contributed by atoms with Gasteiger partial charge in [0, 0.05) is 18.8 Å². The average Bonchev–Trinajstić information content (AvgIpc) is 2.30. The molecule has 5 heteroatoms. The van der Waals surface area contributed by atoms with Crippen molar-refractivity contribution in [2.45, 2.75) is 6.10 Å². The molecule has 1 unspecified atom stereocenters. The number of aliphatic hydroxyl groups is 1. The first-order valence-electron chi connectivity index (χ1n) is 5.35. The highest BCUT2D eigenvalue weighted by Gasteiger charge is 2.12. The fourth-order valence-electron chi connectivity index (χ4n) is 1.46. The quantitative estimate of drug-likeness (QED) is 0.850. The minimum absolute atomic E-state index is 0.403. The molecule has 0 saturated carbocycles. The summed E-state index contributed by atoms with van der Waals surface area (Å²) in [6, 6.07) is 3.49. The number of hydrogen-bond acceptors (Lipinski definition) is 3. The fraction of sp³-hybridized carbons (Fsp3) is 0.500. The first-order valence-corrected chi connectivity index (χ1v) is 6.74. The molecule has 0 saturated heterocycles. The average molecular weight is 261 g/mol. The van der Waals surface area contributed by atoms with Gasteiger partial charge in [-0.05, 0) is 31.0 Å². The first kappa shape index (κ1) is 14.4. The zero-order valence-electron chi connectivity index (χ0n) is 9.99. The minimum Gasteiger partial charge on any atom is -0.387 e. The molecule has 0 amide bonds. The molecule has 1 atom stereocenters. The van der Waals surface area contributed by atoms with Crippen LogP contribution in [0.25, 0.3) is 0 Å². The van der Waals surface area contributed by atoms with Crippen molar-refractivity contribution in [2.75, 3.05) is 32.1 Å². The Hall–Kier alpha value is -0.650. The summed E-state index contributed by atoms with van der Waals surface area (Å²) in [5.41, 5.74) is 0.403. The second-order valence-electron chi connectivity index (χ2n) is 3.94. The molecule has 0 fully saturated rings. The van der Waals surface area contributed by atoms with Gasteiger partial charge >= 0.3 is 0 Å². The van der Waals surface area contributed by atoms with Crippen molar-refractivity contribution in [3.05, 3.63) is 35.4 Å². The summed E-state index contributed by atoms with van der Waals surface area (Å²) in [6.45, 7) is 1.26. The van der Waals surface area contributed by atoms with Gasteiger partial charge in [0.1, 0.15) is 0 Å². The number of rotatable bonds is 6. The van der Waals surface area contributed by atoms with Gasteiger partial charge in [0.05, 0.1) is 6.10 Å². The Balaban J connectivity index is 2.57. The van der Waals surface area contributed by atoms with E-state index in [2.05, 4.69) is 0 Å². The summed E-state index contributed by atoms with van der Waals surface area (Å²) >= 11 is 1.72. The van der Waals surface area contributed by atoms with Gasteiger partial charge in [-0.2, -0.15) is 11.8 Å². The van der Waals surface area contributed by atoms with E-state index in [1.165, 1.54) is 6.07 Å². The smallest absolute Gasteiger partial charge is 0.159 e. The monoisotopic (exact) mass is 261 g/mol. The predicted octanol–water partition coefficient (Wildman–Crippen LogP) is 2.29. The van der Waals surface area contributed by atoms with Crippen LogP contribution >= 0.6 is 11.8 Å². The van der Waals surface area contributed by atoms with Gasteiger partial charge in [-0.3, -0.25) is 0 Å². The molecular formula is C12H17F2NOS. The minimum atomic E-state index is -0.923. The second-order valence-corrected chi connectivity index (χ2v) is 4.93. The highest BCUT2D eigenvalue weighted by atomic mass is 32.2. The van der Waals surface area contributed by atoms with Gasteiger partial charge in [0.15, 0.2) is 11.6 Å². The molecule has 0 bridgehead atoms. The Bertz CT molecular complexity index is 362. The van der Waals surface area contributed by atoms with Gasteiger partial charge in [0.2, 0.25) is 0 Å². The largest absolute Gasteiger partial charge is 0.387 e. The maximum Gasteiger partial charge on any atom is 0.159 e. The summed E-state index contributed by atoms with van der Waals surface area (Å²) in [4.78, 5) is 1.96. The normalized spacial score (nSPS) is 13.1. The zero-order chi connectivity index (χ0) is 12.8. The van der Waals surface area contributed by atoms with Crippen molar-refractivity contribution >= 4 is 11.8 Å². The Labute approximate surface area is 105 Å². The summed E-state index contributed by atoms with van der Waals surface area (Å²) in [5, 5.41) is 9.87. The van der Waals surface area contributed by atoms with E-state index in [1.54, 1.807) is 11.8 Å². The van der Waals surface area contributed by atoms with E-state index >= 15 is 0 Å². The van der Waals surface area contributed by atoms with Gasteiger partial charge in [-0.15, -0.1) is 0 Å². The molecule has 0 heterocycles. The molecule has 1 N–H and O–H groups in total. The Morgan fingerprint density at radius 1 is 1.35 bits per heavy atom. The van der Waals surface area contributed by atoms with Crippen LogP contribution in [0.5, 0.6) is 0 Å². The molecule has 1 aromatic rings. The summed E-state index contributed by atoms with van der Waals surface area (Å²) in [5.74, 6) is -0.842. The Kier molecular flexibility index (Phi) is 5.88. The number of aliphatic hydroxyl groups excluding tert-OH is 1. The summed E-state index contributed by atoms with van der Waals surface area (Å²) < 4.78 is 25.7. The number of halogens is 2. The lowest BCUT2D eigenvalue weighted by Gasteiger charge is -2.20. The van der Waals surface area contributed by atoms with E-state index in [-0.39, 0.29) is 0 Å². The molecule has 1 rings (SSSR count). The van der Waals surface area contributed by atoms with Crippen molar-refractivity contribution in [2.24, 2.45) is 0 Å². The zero-order valence-corrected chi connectivity index (χ0v) is 10.8. The third-order valence-electron chi connectivity index (χ3n) is 2.49. The molecule has 0 radical (unpaired) electrons. The van der Waals surface area contributed by atoms with Gasteiger partial charge < -0.3 is 10.0 Å². The van der Waals surface area contributed by atoms with Crippen molar-refractivity contribution in [1.29, 1.82) is 0 Å². The van der Waals surface area contributed by atoms with Crippen LogP contribution in [0.3, 0.4) is 0 Å². The van der Waals surface area contributed by atoms with Crippen LogP contribution < -0.4 is 0 Å².